The van der Waals surface area contributed by atoms with E-state index in [4.69, 9.17) is 10.8 Å². The van der Waals surface area contributed by atoms with Gasteiger partial charge in [-0.25, -0.2) is 0 Å². The van der Waals surface area contributed by atoms with Crippen LogP contribution in [0.3, 0.4) is 0 Å². The van der Waals surface area contributed by atoms with E-state index in [1.165, 1.54) is 5.56 Å². The van der Waals surface area contributed by atoms with Crippen LogP contribution in [0.2, 0.25) is 0 Å². The van der Waals surface area contributed by atoms with Crippen LogP contribution in [0.4, 0.5) is 5.69 Å². The highest BCUT2D eigenvalue weighted by molar-refractivity contribution is 9.10. The molecule has 0 aromatic heterocycles. The lowest BCUT2D eigenvalue weighted by molar-refractivity contribution is 0.289. The minimum absolute atomic E-state index is 0.261. The van der Waals surface area contributed by atoms with Gasteiger partial charge in [0.25, 0.3) is 0 Å². The van der Waals surface area contributed by atoms with Crippen molar-refractivity contribution in [2.24, 2.45) is 0 Å². The van der Waals surface area contributed by atoms with Crippen LogP contribution >= 0.6 is 27.7 Å². The highest BCUT2D eigenvalue weighted by Gasteiger charge is 2.05. The van der Waals surface area contributed by atoms with Crippen LogP contribution in [-0.4, -0.2) is 17.0 Å². The normalized spacial score (nSPS) is 12.7. The summed E-state index contributed by atoms with van der Waals surface area (Å²) >= 11 is 5.34. The first-order valence-electron chi connectivity index (χ1n) is 4.90. The second kappa shape index (κ2) is 6.40. The molecule has 0 fully saturated rings. The standard InChI is InChI=1S/C11H16BrNOS/c1-8(4-5-14)15-7-9-2-3-10(13)6-11(9)12/h2-3,6,8,14H,4-5,7,13H2,1H3. The average molecular weight is 290 g/mol. The summed E-state index contributed by atoms with van der Waals surface area (Å²) in [5.74, 6) is 0.946. The van der Waals surface area contributed by atoms with Crippen molar-refractivity contribution in [3.8, 4) is 0 Å². The van der Waals surface area contributed by atoms with E-state index in [0.29, 0.717) is 5.25 Å². The highest BCUT2D eigenvalue weighted by atomic mass is 79.9. The maximum absolute atomic E-state index is 8.79. The second-order valence-electron chi connectivity index (χ2n) is 3.48. The van der Waals surface area contributed by atoms with E-state index < -0.39 is 0 Å². The molecule has 3 N–H and O–H groups in total. The van der Waals surface area contributed by atoms with Crippen molar-refractivity contribution in [2.45, 2.75) is 24.3 Å². The molecule has 0 saturated carbocycles. The Labute approximate surface area is 103 Å². The lowest BCUT2D eigenvalue weighted by Gasteiger charge is -2.10. The largest absolute Gasteiger partial charge is 0.399 e. The number of nitrogen functional groups attached to an aromatic ring is 1. The van der Waals surface area contributed by atoms with E-state index in [9.17, 15) is 0 Å². The third-order valence-corrected chi connectivity index (χ3v) is 4.16. The Kier molecular flexibility index (Phi) is 5.50. The Morgan fingerprint density at radius 1 is 1.53 bits per heavy atom. The first-order chi connectivity index (χ1) is 7.13. The molecular formula is C11H16BrNOS. The molecule has 0 bridgehead atoms. The number of aliphatic hydroxyl groups is 1. The number of nitrogens with two attached hydrogens (primary N) is 1. The molecule has 1 rings (SSSR count). The SMILES string of the molecule is CC(CCO)SCc1ccc(N)cc1Br. The van der Waals surface area contributed by atoms with Gasteiger partial charge >= 0.3 is 0 Å². The summed E-state index contributed by atoms with van der Waals surface area (Å²) < 4.78 is 1.06. The van der Waals surface area contributed by atoms with Crippen molar-refractivity contribution < 1.29 is 5.11 Å². The van der Waals surface area contributed by atoms with Crippen LogP contribution in [0.1, 0.15) is 18.9 Å². The number of hydrogen-bond donors (Lipinski definition) is 2. The molecule has 0 aliphatic carbocycles. The summed E-state index contributed by atoms with van der Waals surface area (Å²) in [7, 11) is 0. The number of thioether (sulfide) groups is 1. The number of benzene rings is 1. The molecule has 0 spiro atoms. The Bertz CT molecular complexity index is 319. The van der Waals surface area contributed by atoms with Crippen LogP contribution in [0.5, 0.6) is 0 Å². The fourth-order valence-electron chi connectivity index (χ4n) is 1.18. The first kappa shape index (κ1) is 12.9. The van der Waals surface area contributed by atoms with Gasteiger partial charge in [0.2, 0.25) is 0 Å². The number of aliphatic hydroxyl groups excluding tert-OH is 1. The van der Waals surface area contributed by atoms with E-state index in [1.807, 2.05) is 30.0 Å². The minimum Gasteiger partial charge on any atom is -0.399 e. The zero-order valence-corrected chi connectivity index (χ0v) is 11.1. The van der Waals surface area contributed by atoms with Gasteiger partial charge in [-0.15, -0.1) is 0 Å². The molecule has 0 amide bonds. The number of hydrogen-bond acceptors (Lipinski definition) is 3. The van der Waals surface area contributed by atoms with Crippen molar-refractivity contribution in [1.82, 2.24) is 0 Å². The third-order valence-electron chi connectivity index (χ3n) is 2.14. The number of halogens is 1. The van der Waals surface area contributed by atoms with Crippen LogP contribution in [0.15, 0.2) is 22.7 Å². The molecule has 0 radical (unpaired) electrons. The van der Waals surface area contributed by atoms with Gasteiger partial charge in [-0.05, 0) is 24.1 Å². The fraction of sp³-hybridized carbons (Fsp3) is 0.455. The molecule has 15 heavy (non-hydrogen) atoms. The molecule has 0 saturated heterocycles. The highest BCUT2D eigenvalue weighted by Crippen LogP contribution is 2.26. The van der Waals surface area contributed by atoms with Gasteiger partial charge < -0.3 is 10.8 Å². The topological polar surface area (TPSA) is 46.2 Å². The predicted octanol–water partition coefficient (Wildman–Crippen LogP) is 3.04. The second-order valence-corrected chi connectivity index (χ2v) is 5.77. The quantitative estimate of drug-likeness (QED) is 0.819. The monoisotopic (exact) mass is 289 g/mol. The first-order valence-corrected chi connectivity index (χ1v) is 6.74. The van der Waals surface area contributed by atoms with E-state index in [0.717, 1.165) is 22.3 Å². The molecule has 1 aromatic carbocycles. The van der Waals surface area contributed by atoms with Crippen LogP contribution in [0.25, 0.3) is 0 Å². The zero-order chi connectivity index (χ0) is 11.3. The van der Waals surface area contributed by atoms with Crippen LogP contribution < -0.4 is 5.73 Å². The maximum Gasteiger partial charge on any atom is 0.0441 e. The van der Waals surface area contributed by atoms with Crippen molar-refractivity contribution in [2.75, 3.05) is 12.3 Å². The smallest absolute Gasteiger partial charge is 0.0441 e. The van der Waals surface area contributed by atoms with Gasteiger partial charge in [-0.3, -0.25) is 0 Å². The Balaban J connectivity index is 2.50. The molecule has 0 aliphatic rings. The molecule has 1 unspecified atom stereocenters. The molecule has 0 aliphatic heterocycles. The molecule has 1 aromatic rings. The van der Waals surface area contributed by atoms with Crippen molar-refractivity contribution in [3.63, 3.8) is 0 Å². The van der Waals surface area contributed by atoms with Crippen molar-refractivity contribution in [1.29, 1.82) is 0 Å². The summed E-state index contributed by atoms with van der Waals surface area (Å²) in [6.45, 7) is 2.39. The summed E-state index contributed by atoms with van der Waals surface area (Å²) in [6.07, 6.45) is 0.845. The zero-order valence-electron chi connectivity index (χ0n) is 8.74. The summed E-state index contributed by atoms with van der Waals surface area (Å²) in [5, 5.41) is 9.27. The van der Waals surface area contributed by atoms with E-state index >= 15 is 0 Å². The van der Waals surface area contributed by atoms with Crippen molar-refractivity contribution >= 4 is 33.4 Å². The summed E-state index contributed by atoms with van der Waals surface area (Å²) in [5.41, 5.74) is 7.69. The Morgan fingerprint density at radius 3 is 2.87 bits per heavy atom. The van der Waals surface area contributed by atoms with Gasteiger partial charge in [-0.1, -0.05) is 28.9 Å². The third kappa shape index (κ3) is 4.45. The molecule has 0 heterocycles. The molecule has 1 atom stereocenters. The van der Waals surface area contributed by atoms with E-state index in [1.54, 1.807) is 0 Å². The molecule has 2 nitrogen and oxygen atoms in total. The van der Waals surface area contributed by atoms with Gasteiger partial charge in [-0.2, -0.15) is 11.8 Å². The van der Waals surface area contributed by atoms with Gasteiger partial charge in [0, 0.05) is 27.8 Å². The Morgan fingerprint density at radius 2 is 2.27 bits per heavy atom. The van der Waals surface area contributed by atoms with E-state index in [2.05, 4.69) is 22.9 Å². The number of rotatable bonds is 5. The van der Waals surface area contributed by atoms with Crippen LogP contribution in [0, 0.1) is 0 Å². The van der Waals surface area contributed by atoms with E-state index in [-0.39, 0.29) is 6.61 Å². The van der Waals surface area contributed by atoms with Crippen LogP contribution in [-0.2, 0) is 5.75 Å². The maximum atomic E-state index is 8.79. The van der Waals surface area contributed by atoms with Gasteiger partial charge in [0.15, 0.2) is 0 Å². The minimum atomic E-state index is 0.261. The lowest BCUT2D eigenvalue weighted by Crippen LogP contribution is -2.00. The molecule has 84 valence electrons. The average Bonchev–Trinajstić information content (AvgIpc) is 2.17. The molecule has 4 heteroatoms. The van der Waals surface area contributed by atoms with Gasteiger partial charge in [0.1, 0.15) is 0 Å². The predicted molar refractivity (Wildman–Crippen MR) is 71.0 cm³/mol. The fourth-order valence-corrected chi connectivity index (χ4v) is 2.89. The lowest BCUT2D eigenvalue weighted by atomic mass is 10.2. The summed E-state index contributed by atoms with van der Waals surface area (Å²) in [6, 6.07) is 5.88. The molecular weight excluding hydrogens is 274 g/mol. The summed E-state index contributed by atoms with van der Waals surface area (Å²) in [4.78, 5) is 0. The number of anilines is 1. The Hall–Kier alpha value is -0.190. The van der Waals surface area contributed by atoms with Gasteiger partial charge in [0.05, 0.1) is 0 Å². The van der Waals surface area contributed by atoms with Crippen molar-refractivity contribution in [3.05, 3.63) is 28.2 Å².